The number of amides is 1. The zero-order valence-corrected chi connectivity index (χ0v) is 15.7. The lowest BCUT2D eigenvalue weighted by molar-refractivity contribution is 0.0951. The topological polar surface area (TPSA) is 82.2 Å². The molecule has 0 saturated carbocycles. The first-order chi connectivity index (χ1) is 14.1. The maximum absolute atomic E-state index is 13.7. The quantitative estimate of drug-likeness (QED) is 0.512. The third-order valence-corrected chi connectivity index (χ3v) is 4.72. The first-order valence-corrected chi connectivity index (χ1v) is 9.17. The highest BCUT2D eigenvalue weighted by Gasteiger charge is 2.15. The number of pyridine rings is 1. The Morgan fingerprint density at radius 2 is 1.93 bits per heavy atom. The third-order valence-electron chi connectivity index (χ3n) is 4.72. The second-order valence-electron chi connectivity index (χ2n) is 6.62. The van der Waals surface area contributed by atoms with Gasteiger partial charge in [-0.2, -0.15) is 5.26 Å². The van der Waals surface area contributed by atoms with Crippen LogP contribution in [0.4, 0.5) is 10.2 Å². The van der Waals surface area contributed by atoms with E-state index in [1.807, 2.05) is 41.7 Å². The molecule has 29 heavy (non-hydrogen) atoms. The number of anilines is 1. The van der Waals surface area contributed by atoms with Gasteiger partial charge in [-0.3, -0.25) is 9.20 Å². The van der Waals surface area contributed by atoms with E-state index in [9.17, 15) is 14.4 Å². The molecule has 2 aromatic carbocycles. The molecule has 0 bridgehead atoms. The fourth-order valence-electron chi connectivity index (χ4n) is 3.33. The summed E-state index contributed by atoms with van der Waals surface area (Å²) in [4.78, 5) is 16.7. The van der Waals surface area contributed by atoms with Gasteiger partial charge in [0.05, 0.1) is 22.2 Å². The van der Waals surface area contributed by atoms with E-state index in [1.54, 1.807) is 12.1 Å². The van der Waals surface area contributed by atoms with Gasteiger partial charge in [0, 0.05) is 13.1 Å². The Morgan fingerprint density at radius 1 is 1.17 bits per heavy atom. The average molecular weight is 387 g/mol. The molecular formula is C22H18FN5O. The van der Waals surface area contributed by atoms with E-state index >= 15 is 0 Å². The molecule has 7 heteroatoms. The highest BCUT2D eigenvalue weighted by Crippen LogP contribution is 2.26. The van der Waals surface area contributed by atoms with Crippen LogP contribution in [0.3, 0.4) is 0 Å². The lowest BCUT2D eigenvalue weighted by atomic mass is 10.1. The molecule has 4 aromatic rings. The number of aromatic nitrogens is 2. The number of hydrogen-bond acceptors (Lipinski definition) is 4. The van der Waals surface area contributed by atoms with E-state index < -0.39 is 11.7 Å². The lowest BCUT2D eigenvalue weighted by Gasteiger charge is -2.13. The molecule has 0 radical (unpaired) electrons. The molecule has 0 aliphatic carbocycles. The molecule has 0 aliphatic rings. The number of nitriles is 1. The smallest absolute Gasteiger partial charge is 0.254 e. The fourth-order valence-corrected chi connectivity index (χ4v) is 3.33. The standard InChI is InChI=1S/C22H18FN5O/c1-14-12-20(25-10-11-26-22(29)15-6-2-3-7-17(15)23)28-19-9-5-4-8-18(19)27-21(28)16(14)13-24/h2-9,12,25H,10-11H2,1H3,(H,26,29). The van der Waals surface area contributed by atoms with E-state index in [-0.39, 0.29) is 5.56 Å². The van der Waals surface area contributed by atoms with Crippen LogP contribution in [-0.2, 0) is 0 Å². The third kappa shape index (κ3) is 3.36. The number of rotatable bonds is 5. The number of imidazole rings is 1. The summed E-state index contributed by atoms with van der Waals surface area (Å²) in [6.45, 7) is 2.59. The first-order valence-electron chi connectivity index (χ1n) is 9.17. The molecule has 0 fully saturated rings. The highest BCUT2D eigenvalue weighted by atomic mass is 19.1. The number of halogens is 1. The summed E-state index contributed by atoms with van der Waals surface area (Å²) in [5, 5.41) is 15.5. The summed E-state index contributed by atoms with van der Waals surface area (Å²) in [5.41, 5.74) is 3.63. The number of hydrogen-bond donors (Lipinski definition) is 2. The van der Waals surface area contributed by atoms with Gasteiger partial charge in [-0.25, -0.2) is 9.37 Å². The van der Waals surface area contributed by atoms with Crippen molar-refractivity contribution in [3.05, 3.63) is 77.1 Å². The molecule has 2 aromatic heterocycles. The Bertz CT molecular complexity index is 1270. The maximum Gasteiger partial charge on any atom is 0.254 e. The van der Waals surface area contributed by atoms with Gasteiger partial charge in [0.15, 0.2) is 5.65 Å². The van der Waals surface area contributed by atoms with Crippen molar-refractivity contribution >= 4 is 28.4 Å². The molecule has 6 nitrogen and oxygen atoms in total. The van der Waals surface area contributed by atoms with Gasteiger partial charge in [-0.05, 0) is 42.8 Å². The molecule has 0 atom stereocenters. The zero-order valence-electron chi connectivity index (χ0n) is 15.7. The second kappa shape index (κ2) is 7.60. The minimum absolute atomic E-state index is 0.0183. The van der Waals surface area contributed by atoms with E-state index in [0.29, 0.717) is 24.3 Å². The van der Waals surface area contributed by atoms with Crippen molar-refractivity contribution < 1.29 is 9.18 Å². The number of fused-ring (bicyclic) bond motifs is 3. The van der Waals surface area contributed by atoms with E-state index in [1.165, 1.54) is 12.1 Å². The average Bonchev–Trinajstić information content (AvgIpc) is 3.10. The van der Waals surface area contributed by atoms with Crippen LogP contribution >= 0.6 is 0 Å². The summed E-state index contributed by atoms with van der Waals surface area (Å²) in [5.74, 6) is -0.239. The number of nitrogens with zero attached hydrogens (tertiary/aromatic N) is 3. The van der Waals surface area contributed by atoms with Crippen molar-refractivity contribution in [1.29, 1.82) is 5.26 Å². The summed E-state index contributed by atoms with van der Waals surface area (Å²) in [6.07, 6.45) is 0. The Kier molecular flexibility index (Phi) is 4.83. The molecule has 2 N–H and O–H groups in total. The van der Waals surface area contributed by atoms with Crippen LogP contribution in [0.15, 0.2) is 54.6 Å². The predicted octanol–water partition coefficient (Wildman–Crippen LogP) is 3.65. The number of carbonyl (C=O) groups is 1. The van der Waals surface area contributed by atoms with Crippen molar-refractivity contribution in [2.24, 2.45) is 0 Å². The number of aryl methyl sites for hydroxylation is 1. The Labute approximate surface area is 166 Å². The van der Waals surface area contributed by atoms with E-state index in [4.69, 9.17) is 0 Å². The molecule has 2 heterocycles. The number of nitrogens with one attached hydrogen (secondary N) is 2. The Hall–Kier alpha value is -3.92. The van der Waals surface area contributed by atoms with Gasteiger partial charge in [0.2, 0.25) is 0 Å². The second-order valence-corrected chi connectivity index (χ2v) is 6.62. The van der Waals surface area contributed by atoms with Crippen LogP contribution in [0.1, 0.15) is 21.5 Å². The zero-order chi connectivity index (χ0) is 20.4. The van der Waals surface area contributed by atoms with Gasteiger partial charge >= 0.3 is 0 Å². The van der Waals surface area contributed by atoms with Crippen molar-refractivity contribution in [1.82, 2.24) is 14.7 Å². The van der Waals surface area contributed by atoms with Crippen molar-refractivity contribution in [2.75, 3.05) is 18.4 Å². The fraction of sp³-hybridized carbons (Fsp3) is 0.136. The molecule has 4 rings (SSSR count). The van der Waals surface area contributed by atoms with Gasteiger partial charge in [-0.15, -0.1) is 0 Å². The summed E-state index contributed by atoms with van der Waals surface area (Å²) in [6, 6.07) is 17.6. The van der Waals surface area contributed by atoms with Crippen LogP contribution in [0.25, 0.3) is 16.7 Å². The largest absolute Gasteiger partial charge is 0.369 e. The maximum atomic E-state index is 13.7. The summed E-state index contributed by atoms with van der Waals surface area (Å²) >= 11 is 0. The molecular weight excluding hydrogens is 369 g/mol. The monoisotopic (exact) mass is 387 g/mol. The first kappa shape index (κ1) is 18.4. The van der Waals surface area contributed by atoms with Gasteiger partial charge < -0.3 is 10.6 Å². The molecule has 0 unspecified atom stereocenters. The van der Waals surface area contributed by atoms with Gasteiger partial charge in [-0.1, -0.05) is 24.3 Å². The summed E-state index contributed by atoms with van der Waals surface area (Å²) < 4.78 is 15.6. The molecule has 1 amide bonds. The molecule has 0 saturated heterocycles. The number of para-hydroxylation sites is 2. The minimum Gasteiger partial charge on any atom is -0.369 e. The molecule has 0 spiro atoms. The predicted molar refractivity (Wildman–Crippen MR) is 109 cm³/mol. The van der Waals surface area contributed by atoms with Crippen molar-refractivity contribution in [3.8, 4) is 6.07 Å². The lowest BCUT2D eigenvalue weighted by Crippen LogP contribution is -2.29. The van der Waals surface area contributed by atoms with E-state index in [0.717, 1.165) is 22.4 Å². The van der Waals surface area contributed by atoms with Crippen LogP contribution in [0.5, 0.6) is 0 Å². The SMILES string of the molecule is Cc1cc(NCCNC(=O)c2ccccc2F)n2c(nc3ccccc32)c1C#N. The van der Waals surface area contributed by atoms with Crippen molar-refractivity contribution in [2.45, 2.75) is 6.92 Å². The molecule has 144 valence electrons. The van der Waals surface area contributed by atoms with Crippen molar-refractivity contribution in [3.63, 3.8) is 0 Å². The Morgan fingerprint density at radius 3 is 2.72 bits per heavy atom. The number of carbonyl (C=O) groups excluding carboxylic acids is 1. The van der Waals surface area contributed by atoms with E-state index in [2.05, 4.69) is 21.7 Å². The normalized spacial score (nSPS) is 10.8. The Balaban J connectivity index is 1.56. The van der Waals surface area contributed by atoms with Crippen LogP contribution < -0.4 is 10.6 Å². The minimum atomic E-state index is -0.549. The molecule has 0 aliphatic heterocycles. The van der Waals surface area contributed by atoms with Gasteiger partial charge in [0.1, 0.15) is 17.7 Å². The highest BCUT2D eigenvalue weighted by molar-refractivity contribution is 5.94. The number of benzene rings is 2. The summed E-state index contributed by atoms with van der Waals surface area (Å²) in [7, 11) is 0. The van der Waals surface area contributed by atoms with Gasteiger partial charge in [0.25, 0.3) is 5.91 Å². The van der Waals surface area contributed by atoms with Crippen LogP contribution in [-0.4, -0.2) is 28.4 Å². The van der Waals surface area contributed by atoms with Crippen LogP contribution in [0.2, 0.25) is 0 Å². The van der Waals surface area contributed by atoms with Crippen LogP contribution in [0, 0.1) is 24.1 Å².